The highest BCUT2D eigenvalue weighted by atomic mass is 16.6. The molecular formula is C15H18N2O4. The van der Waals surface area contributed by atoms with Crippen LogP contribution >= 0.6 is 0 Å². The molecule has 0 aromatic heterocycles. The van der Waals surface area contributed by atoms with Crippen LogP contribution in [-0.4, -0.2) is 39.0 Å². The van der Waals surface area contributed by atoms with Crippen molar-refractivity contribution in [2.45, 2.75) is 50.3 Å². The predicted molar refractivity (Wildman–Crippen MR) is 75.7 cm³/mol. The van der Waals surface area contributed by atoms with Crippen LogP contribution in [0.15, 0.2) is 24.3 Å². The van der Waals surface area contributed by atoms with Crippen molar-refractivity contribution >= 4 is 11.6 Å². The number of aliphatic hydroxyl groups excluding tert-OH is 1. The number of aliphatic hydroxyl groups is 1. The van der Waals surface area contributed by atoms with E-state index < -0.39 is 4.92 Å². The normalized spacial score (nSPS) is 27.7. The quantitative estimate of drug-likeness (QED) is 0.677. The van der Waals surface area contributed by atoms with Crippen LogP contribution in [0.3, 0.4) is 0 Å². The molecule has 6 nitrogen and oxygen atoms in total. The third-order valence-electron chi connectivity index (χ3n) is 4.53. The Labute approximate surface area is 122 Å². The van der Waals surface area contributed by atoms with E-state index in [1.165, 1.54) is 6.07 Å². The van der Waals surface area contributed by atoms with Crippen LogP contribution in [0, 0.1) is 10.1 Å². The maximum Gasteiger partial charge on any atom is 0.273 e. The summed E-state index contributed by atoms with van der Waals surface area (Å²) in [5.74, 6) is -0.0660. The zero-order valence-electron chi connectivity index (χ0n) is 11.6. The van der Waals surface area contributed by atoms with Gasteiger partial charge in [0.15, 0.2) is 0 Å². The standard InChI is InChI=1S/C15H18N2O4/c18-13-8-11-5-6-12(9-13)16(11)15(19)7-10-3-1-2-4-14(10)17(20)21/h1-4,11-13,18H,5-9H2. The third-order valence-corrected chi connectivity index (χ3v) is 4.53. The molecule has 2 bridgehead atoms. The summed E-state index contributed by atoms with van der Waals surface area (Å²) in [7, 11) is 0. The van der Waals surface area contributed by atoms with Crippen molar-refractivity contribution in [3.05, 3.63) is 39.9 Å². The first kappa shape index (κ1) is 14.0. The van der Waals surface area contributed by atoms with Gasteiger partial charge < -0.3 is 10.0 Å². The second kappa shape index (κ2) is 5.44. The van der Waals surface area contributed by atoms with Gasteiger partial charge in [-0.25, -0.2) is 0 Å². The highest BCUT2D eigenvalue weighted by Crippen LogP contribution is 2.36. The number of para-hydroxylation sites is 1. The van der Waals surface area contributed by atoms with E-state index in [1.807, 2.05) is 4.90 Å². The first-order valence-electron chi connectivity index (χ1n) is 7.28. The Morgan fingerprint density at radius 1 is 1.29 bits per heavy atom. The molecule has 2 saturated heterocycles. The van der Waals surface area contributed by atoms with E-state index in [0.29, 0.717) is 18.4 Å². The lowest BCUT2D eigenvalue weighted by Crippen LogP contribution is -2.48. The minimum absolute atomic E-state index is 0.00441. The Morgan fingerprint density at radius 3 is 2.52 bits per heavy atom. The van der Waals surface area contributed by atoms with Crippen molar-refractivity contribution in [2.75, 3.05) is 0 Å². The van der Waals surface area contributed by atoms with Crippen LogP contribution in [-0.2, 0) is 11.2 Å². The van der Waals surface area contributed by atoms with Gasteiger partial charge >= 0.3 is 0 Å². The average molecular weight is 290 g/mol. The van der Waals surface area contributed by atoms with Crippen molar-refractivity contribution in [1.82, 2.24) is 4.90 Å². The van der Waals surface area contributed by atoms with Crippen LogP contribution in [0.4, 0.5) is 5.69 Å². The minimum Gasteiger partial charge on any atom is -0.393 e. The molecule has 2 unspecified atom stereocenters. The fourth-order valence-corrected chi connectivity index (χ4v) is 3.65. The molecule has 2 aliphatic rings. The van der Waals surface area contributed by atoms with Gasteiger partial charge in [0.25, 0.3) is 5.69 Å². The largest absolute Gasteiger partial charge is 0.393 e. The second-order valence-corrected chi connectivity index (χ2v) is 5.87. The Kier molecular flexibility index (Phi) is 3.63. The lowest BCUT2D eigenvalue weighted by Gasteiger charge is -2.37. The molecule has 6 heteroatoms. The monoisotopic (exact) mass is 290 g/mol. The molecule has 2 fully saturated rings. The number of amides is 1. The van der Waals surface area contributed by atoms with Gasteiger partial charge in [-0.15, -0.1) is 0 Å². The number of fused-ring (bicyclic) bond motifs is 2. The summed E-state index contributed by atoms with van der Waals surface area (Å²) in [5, 5.41) is 20.8. The predicted octanol–water partition coefficient (Wildman–Crippen LogP) is 1.65. The third kappa shape index (κ3) is 2.63. The summed E-state index contributed by atoms with van der Waals surface area (Å²) in [4.78, 5) is 24.9. The summed E-state index contributed by atoms with van der Waals surface area (Å²) in [6, 6.07) is 6.56. The summed E-state index contributed by atoms with van der Waals surface area (Å²) in [5.41, 5.74) is 0.452. The molecule has 2 heterocycles. The fraction of sp³-hybridized carbons (Fsp3) is 0.533. The maximum absolute atomic E-state index is 12.5. The van der Waals surface area contributed by atoms with E-state index in [4.69, 9.17) is 0 Å². The van der Waals surface area contributed by atoms with Gasteiger partial charge in [0, 0.05) is 23.7 Å². The topological polar surface area (TPSA) is 83.7 Å². The smallest absolute Gasteiger partial charge is 0.273 e. The lowest BCUT2D eigenvalue weighted by molar-refractivity contribution is -0.385. The minimum atomic E-state index is -0.447. The summed E-state index contributed by atoms with van der Waals surface area (Å²) in [6.45, 7) is 0. The number of carbonyl (C=O) groups is 1. The number of hydrogen-bond donors (Lipinski definition) is 1. The van der Waals surface area contributed by atoms with Gasteiger partial charge in [0.2, 0.25) is 5.91 Å². The molecule has 2 atom stereocenters. The first-order valence-corrected chi connectivity index (χ1v) is 7.28. The van der Waals surface area contributed by atoms with Gasteiger partial charge in [-0.05, 0) is 25.7 Å². The van der Waals surface area contributed by atoms with Gasteiger partial charge in [-0.2, -0.15) is 0 Å². The Bertz CT molecular complexity index is 561. The number of hydrogen-bond acceptors (Lipinski definition) is 4. The fourth-order valence-electron chi connectivity index (χ4n) is 3.65. The van der Waals surface area contributed by atoms with Crippen molar-refractivity contribution in [2.24, 2.45) is 0 Å². The Morgan fingerprint density at radius 2 is 1.90 bits per heavy atom. The zero-order valence-corrected chi connectivity index (χ0v) is 11.6. The van der Waals surface area contributed by atoms with E-state index in [9.17, 15) is 20.0 Å². The molecule has 0 radical (unpaired) electrons. The van der Waals surface area contributed by atoms with Crippen LogP contribution in [0.25, 0.3) is 0 Å². The SMILES string of the molecule is O=C(Cc1ccccc1[N+](=O)[O-])N1C2CCC1CC(O)C2. The lowest BCUT2D eigenvalue weighted by atomic mass is 9.98. The molecule has 112 valence electrons. The molecule has 3 rings (SSSR count). The van der Waals surface area contributed by atoms with E-state index in [-0.39, 0.29) is 36.2 Å². The number of rotatable bonds is 3. The van der Waals surface area contributed by atoms with Crippen molar-refractivity contribution in [1.29, 1.82) is 0 Å². The number of piperidine rings is 1. The molecule has 1 aromatic carbocycles. The van der Waals surface area contributed by atoms with E-state index in [1.54, 1.807) is 18.2 Å². The highest BCUT2D eigenvalue weighted by molar-refractivity contribution is 5.81. The van der Waals surface area contributed by atoms with Crippen molar-refractivity contribution < 1.29 is 14.8 Å². The van der Waals surface area contributed by atoms with Crippen LogP contribution < -0.4 is 0 Å². The molecule has 1 amide bonds. The van der Waals surface area contributed by atoms with E-state index >= 15 is 0 Å². The van der Waals surface area contributed by atoms with Gasteiger partial charge in [-0.1, -0.05) is 18.2 Å². The number of carbonyl (C=O) groups excluding carboxylic acids is 1. The van der Waals surface area contributed by atoms with E-state index in [2.05, 4.69) is 0 Å². The maximum atomic E-state index is 12.5. The number of nitrogens with zero attached hydrogens (tertiary/aromatic N) is 2. The van der Waals surface area contributed by atoms with E-state index in [0.717, 1.165) is 12.8 Å². The number of nitro groups is 1. The summed E-state index contributed by atoms with van der Waals surface area (Å²) >= 11 is 0. The average Bonchev–Trinajstić information content (AvgIpc) is 2.71. The van der Waals surface area contributed by atoms with Crippen molar-refractivity contribution in [3.63, 3.8) is 0 Å². The van der Waals surface area contributed by atoms with Crippen LogP contribution in [0.1, 0.15) is 31.2 Å². The summed E-state index contributed by atoms with van der Waals surface area (Å²) in [6.07, 6.45) is 2.82. The second-order valence-electron chi connectivity index (χ2n) is 5.87. The molecule has 1 aromatic rings. The molecule has 2 aliphatic heterocycles. The highest BCUT2D eigenvalue weighted by Gasteiger charge is 2.42. The Hall–Kier alpha value is -1.95. The van der Waals surface area contributed by atoms with Crippen LogP contribution in [0.2, 0.25) is 0 Å². The molecule has 21 heavy (non-hydrogen) atoms. The molecule has 0 aliphatic carbocycles. The van der Waals surface area contributed by atoms with Crippen LogP contribution in [0.5, 0.6) is 0 Å². The molecule has 1 N–H and O–H groups in total. The zero-order chi connectivity index (χ0) is 15.0. The first-order chi connectivity index (χ1) is 10.1. The van der Waals surface area contributed by atoms with Crippen molar-refractivity contribution in [3.8, 4) is 0 Å². The number of nitro benzene ring substituents is 1. The molecule has 0 saturated carbocycles. The molecular weight excluding hydrogens is 272 g/mol. The van der Waals surface area contributed by atoms with Gasteiger partial charge in [0.05, 0.1) is 17.4 Å². The summed E-state index contributed by atoms with van der Waals surface area (Å²) < 4.78 is 0. The molecule has 0 spiro atoms. The van der Waals surface area contributed by atoms with Gasteiger partial charge in [0.1, 0.15) is 0 Å². The Balaban J connectivity index is 1.77. The van der Waals surface area contributed by atoms with Gasteiger partial charge in [-0.3, -0.25) is 14.9 Å². The number of benzene rings is 1.